The van der Waals surface area contributed by atoms with Crippen molar-refractivity contribution < 1.29 is 19.0 Å². The number of rotatable bonds is 10. The predicted molar refractivity (Wildman–Crippen MR) is 156 cm³/mol. The van der Waals surface area contributed by atoms with E-state index in [2.05, 4.69) is 15.5 Å². The molecular formula is C30H32N4O4S. The van der Waals surface area contributed by atoms with Crippen molar-refractivity contribution in [3.05, 3.63) is 78.2 Å². The highest BCUT2D eigenvalue weighted by atomic mass is 32.1. The Morgan fingerprint density at radius 1 is 0.897 bits per heavy atom. The number of morpholine rings is 1. The standard InChI is InChI=1S/C30H32N4O4S/c1-36-26-13-9-25(10-14-26)32-30(35)31-24-7-3-22(4-8-24)28-21-39-29(33-28)23-5-11-27(12-6-23)38-18-2-15-34-16-19-37-20-17-34/h3-14,21H,2,15-20H2,1H3,(H2,31,32,35). The summed E-state index contributed by atoms with van der Waals surface area (Å²) in [7, 11) is 1.61. The highest BCUT2D eigenvalue weighted by Crippen LogP contribution is 2.30. The van der Waals surface area contributed by atoms with Gasteiger partial charge in [0.25, 0.3) is 0 Å². The molecule has 0 saturated carbocycles. The van der Waals surface area contributed by atoms with Crippen LogP contribution in [0.3, 0.4) is 0 Å². The molecule has 3 aromatic carbocycles. The summed E-state index contributed by atoms with van der Waals surface area (Å²) in [5, 5.41) is 8.66. The second kappa shape index (κ2) is 13.2. The smallest absolute Gasteiger partial charge is 0.323 e. The molecule has 8 nitrogen and oxygen atoms in total. The number of hydrogen-bond donors (Lipinski definition) is 2. The maximum atomic E-state index is 12.3. The summed E-state index contributed by atoms with van der Waals surface area (Å²) in [6.07, 6.45) is 0.999. The van der Waals surface area contributed by atoms with Crippen molar-refractivity contribution in [2.24, 2.45) is 0 Å². The number of nitrogens with zero attached hydrogens (tertiary/aromatic N) is 2. The van der Waals surface area contributed by atoms with Crippen LogP contribution in [0.1, 0.15) is 6.42 Å². The molecule has 1 fully saturated rings. The van der Waals surface area contributed by atoms with Gasteiger partial charge in [-0.15, -0.1) is 11.3 Å². The van der Waals surface area contributed by atoms with E-state index in [1.165, 1.54) is 0 Å². The van der Waals surface area contributed by atoms with E-state index in [4.69, 9.17) is 19.2 Å². The number of hydrogen-bond acceptors (Lipinski definition) is 7. The van der Waals surface area contributed by atoms with E-state index in [1.807, 2.05) is 53.9 Å². The minimum Gasteiger partial charge on any atom is -0.497 e. The van der Waals surface area contributed by atoms with Crippen LogP contribution in [0.25, 0.3) is 21.8 Å². The first-order valence-electron chi connectivity index (χ1n) is 13.0. The van der Waals surface area contributed by atoms with Crippen LogP contribution >= 0.6 is 11.3 Å². The molecule has 0 unspecified atom stereocenters. The molecule has 0 bridgehead atoms. The fourth-order valence-electron chi connectivity index (χ4n) is 4.23. The summed E-state index contributed by atoms with van der Waals surface area (Å²) in [6, 6.07) is 22.6. The molecule has 0 radical (unpaired) electrons. The topological polar surface area (TPSA) is 85.0 Å². The van der Waals surface area contributed by atoms with Gasteiger partial charge in [0, 0.05) is 47.5 Å². The summed E-state index contributed by atoms with van der Waals surface area (Å²) in [5.41, 5.74) is 4.32. The van der Waals surface area contributed by atoms with Gasteiger partial charge < -0.3 is 24.8 Å². The lowest BCUT2D eigenvalue weighted by Gasteiger charge is -2.26. The van der Waals surface area contributed by atoms with E-state index in [0.29, 0.717) is 18.0 Å². The maximum absolute atomic E-state index is 12.3. The third-order valence-electron chi connectivity index (χ3n) is 6.38. The highest BCUT2D eigenvalue weighted by Gasteiger charge is 2.10. The Morgan fingerprint density at radius 3 is 2.18 bits per heavy atom. The quantitative estimate of drug-likeness (QED) is 0.230. The molecule has 4 aromatic rings. The Balaban J connectivity index is 1.10. The first-order valence-corrected chi connectivity index (χ1v) is 13.9. The van der Waals surface area contributed by atoms with Gasteiger partial charge in [0.2, 0.25) is 0 Å². The van der Waals surface area contributed by atoms with Crippen molar-refractivity contribution >= 4 is 28.7 Å². The highest BCUT2D eigenvalue weighted by molar-refractivity contribution is 7.13. The van der Waals surface area contributed by atoms with Crippen LogP contribution in [-0.4, -0.2) is 62.5 Å². The zero-order valence-electron chi connectivity index (χ0n) is 21.9. The molecule has 202 valence electrons. The number of nitrogens with one attached hydrogen (secondary N) is 2. The Hall–Kier alpha value is -3.92. The van der Waals surface area contributed by atoms with Crippen LogP contribution in [0.4, 0.5) is 16.2 Å². The summed E-state index contributed by atoms with van der Waals surface area (Å²) in [5.74, 6) is 1.61. The molecule has 1 aliphatic rings. The Labute approximate surface area is 232 Å². The van der Waals surface area contributed by atoms with Gasteiger partial charge in [0.1, 0.15) is 16.5 Å². The lowest BCUT2D eigenvalue weighted by atomic mass is 10.1. The number of urea groups is 1. The SMILES string of the molecule is COc1ccc(NC(=O)Nc2ccc(-c3csc(-c4ccc(OCCCN5CCOCC5)cc4)n3)cc2)cc1. The molecule has 2 N–H and O–H groups in total. The minimum atomic E-state index is -0.312. The molecule has 39 heavy (non-hydrogen) atoms. The molecule has 0 spiro atoms. The number of amides is 2. The van der Waals surface area contributed by atoms with E-state index < -0.39 is 0 Å². The lowest BCUT2D eigenvalue weighted by molar-refractivity contribution is 0.0358. The van der Waals surface area contributed by atoms with Gasteiger partial charge in [-0.2, -0.15) is 0 Å². The third-order valence-corrected chi connectivity index (χ3v) is 7.27. The van der Waals surface area contributed by atoms with Gasteiger partial charge in [0.05, 0.1) is 32.6 Å². The molecule has 9 heteroatoms. The number of carbonyl (C=O) groups is 1. The second-order valence-corrected chi connectivity index (χ2v) is 9.96. The number of thiazole rings is 1. The number of benzene rings is 3. The van der Waals surface area contributed by atoms with E-state index in [0.717, 1.165) is 72.6 Å². The Morgan fingerprint density at radius 2 is 1.51 bits per heavy atom. The van der Waals surface area contributed by atoms with Crippen molar-refractivity contribution in [3.63, 3.8) is 0 Å². The van der Waals surface area contributed by atoms with Gasteiger partial charge in [-0.1, -0.05) is 12.1 Å². The summed E-state index contributed by atoms with van der Waals surface area (Å²) >= 11 is 1.60. The average Bonchev–Trinajstić information content (AvgIpc) is 3.47. The Kier molecular flexibility index (Phi) is 9.05. The normalized spacial score (nSPS) is 13.6. The van der Waals surface area contributed by atoms with Crippen LogP contribution in [0.5, 0.6) is 11.5 Å². The van der Waals surface area contributed by atoms with Gasteiger partial charge >= 0.3 is 6.03 Å². The number of methoxy groups -OCH3 is 1. The Bertz CT molecular complexity index is 1330. The molecule has 0 aliphatic carbocycles. The molecule has 1 saturated heterocycles. The molecule has 2 amide bonds. The fraction of sp³-hybridized carbons (Fsp3) is 0.267. The van der Waals surface area contributed by atoms with Crippen molar-refractivity contribution in [1.29, 1.82) is 0 Å². The average molecular weight is 545 g/mol. The van der Waals surface area contributed by atoms with E-state index in [9.17, 15) is 4.79 Å². The van der Waals surface area contributed by atoms with E-state index >= 15 is 0 Å². The second-order valence-electron chi connectivity index (χ2n) is 9.10. The largest absolute Gasteiger partial charge is 0.497 e. The summed E-state index contributed by atoms with van der Waals surface area (Å²) in [4.78, 5) is 19.6. The fourth-order valence-corrected chi connectivity index (χ4v) is 5.06. The molecule has 1 aliphatic heterocycles. The molecular weight excluding hydrogens is 512 g/mol. The molecule has 5 rings (SSSR count). The molecule has 2 heterocycles. The lowest BCUT2D eigenvalue weighted by Crippen LogP contribution is -2.37. The van der Waals surface area contributed by atoms with Crippen LogP contribution < -0.4 is 20.1 Å². The summed E-state index contributed by atoms with van der Waals surface area (Å²) < 4.78 is 16.5. The van der Waals surface area contributed by atoms with Gasteiger partial charge in [0.15, 0.2) is 0 Å². The van der Waals surface area contributed by atoms with Crippen LogP contribution in [0.15, 0.2) is 78.2 Å². The number of carbonyl (C=O) groups excluding carboxylic acids is 1. The zero-order valence-corrected chi connectivity index (χ0v) is 22.7. The predicted octanol–water partition coefficient (Wildman–Crippen LogP) is 6.23. The van der Waals surface area contributed by atoms with Gasteiger partial charge in [-0.25, -0.2) is 9.78 Å². The molecule has 0 atom stereocenters. The van der Waals surface area contributed by atoms with Crippen LogP contribution in [0, 0.1) is 0 Å². The van der Waals surface area contributed by atoms with Crippen molar-refractivity contribution in [1.82, 2.24) is 9.88 Å². The van der Waals surface area contributed by atoms with Crippen molar-refractivity contribution in [2.45, 2.75) is 6.42 Å². The maximum Gasteiger partial charge on any atom is 0.323 e. The number of ether oxygens (including phenoxy) is 3. The van der Waals surface area contributed by atoms with Crippen LogP contribution in [-0.2, 0) is 4.74 Å². The van der Waals surface area contributed by atoms with Gasteiger partial charge in [-0.05, 0) is 67.1 Å². The van der Waals surface area contributed by atoms with E-state index in [1.54, 1.807) is 42.7 Å². The minimum absolute atomic E-state index is 0.312. The third kappa shape index (κ3) is 7.57. The molecule has 1 aromatic heterocycles. The van der Waals surface area contributed by atoms with Crippen molar-refractivity contribution in [3.8, 4) is 33.3 Å². The van der Waals surface area contributed by atoms with Gasteiger partial charge in [-0.3, -0.25) is 4.90 Å². The van der Waals surface area contributed by atoms with Crippen molar-refractivity contribution in [2.75, 3.05) is 57.2 Å². The number of aromatic nitrogens is 1. The summed E-state index contributed by atoms with van der Waals surface area (Å²) in [6.45, 7) is 5.41. The zero-order chi connectivity index (χ0) is 26.9. The first-order chi connectivity index (χ1) is 19.2. The first kappa shape index (κ1) is 26.7. The number of anilines is 2. The van der Waals surface area contributed by atoms with E-state index in [-0.39, 0.29) is 6.03 Å². The monoisotopic (exact) mass is 544 g/mol. The van der Waals surface area contributed by atoms with Crippen LogP contribution in [0.2, 0.25) is 0 Å².